The van der Waals surface area contributed by atoms with E-state index in [1.807, 2.05) is 29.8 Å². The van der Waals surface area contributed by atoms with Crippen LogP contribution < -0.4 is 15.2 Å². The molecule has 0 unspecified atom stereocenters. The molecule has 0 radical (unpaired) electrons. The van der Waals surface area contributed by atoms with Crippen molar-refractivity contribution in [2.24, 2.45) is 12.2 Å². The number of methoxy groups -OCH3 is 1. The van der Waals surface area contributed by atoms with Crippen molar-refractivity contribution in [2.75, 3.05) is 7.11 Å². The number of fused-ring (bicyclic) bond motifs is 1. The summed E-state index contributed by atoms with van der Waals surface area (Å²) in [6, 6.07) is 11.6. The second kappa shape index (κ2) is 6.81. The Balaban J connectivity index is 1.79. The van der Waals surface area contributed by atoms with E-state index in [-0.39, 0.29) is 17.3 Å². The third-order valence-electron chi connectivity index (χ3n) is 4.15. The maximum atomic E-state index is 12.6. The van der Waals surface area contributed by atoms with Gasteiger partial charge in [0.1, 0.15) is 5.75 Å². The minimum absolute atomic E-state index is 0.0359. The topological polar surface area (TPSA) is 103 Å². The lowest BCUT2D eigenvalue weighted by atomic mass is 10.1. The monoisotopic (exact) mass is 373 g/mol. The van der Waals surface area contributed by atoms with Gasteiger partial charge in [-0.1, -0.05) is 12.1 Å². The van der Waals surface area contributed by atoms with E-state index in [2.05, 4.69) is 5.32 Å². The van der Waals surface area contributed by atoms with Crippen molar-refractivity contribution < 1.29 is 17.9 Å². The molecule has 0 aliphatic carbocycles. The molecule has 7 nitrogen and oxygen atoms in total. The molecular formula is C18H19N3O4S. The minimum Gasteiger partial charge on any atom is -0.497 e. The number of nitrogens with one attached hydrogen (secondary N) is 1. The fraction of sp³-hybridized carbons (Fsp3) is 0.167. The lowest BCUT2D eigenvalue weighted by Crippen LogP contribution is -2.22. The molecule has 0 spiro atoms. The van der Waals surface area contributed by atoms with Crippen molar-refractivity contribution >= 4 is 26.8 Å². The predicted molar refractivity (Wildman–Crippen MR) is 98.5 cm³/mol. The number of sulfonamides is 1. The fourth-order valence-electron chi connectivity index (χ4n) is 2.75. The van der Waals surface area contributed by atoms with Crippen molar-refractivity contribution in [1.29, 1.82) is 0 Å². The van der Waals surface area contributed by atoms with Crippen LogP contribution >= 0.6 is 0 Å². The first-order chi connectivity index (χ1) is 12.3. The third-order valence-corrected chi connectivity index (χ3v) is 5.08. The maximum Gasteiger partial charge on any atom is 0.253 e. The molecule has 26 heavy (non-hydrogen) atoms. The second-order valence-corrected chi connectivity index (χ2v) is 7.47. The van der Waals surface area contributed by atoms with Crippen molar-refractivity contribution in [3.05, 3.63) is 59.8 Å². The van der Waals surface area contributed by atoms with Crippen LogP contribution in [-0.4, -0.2) is 26.0 Å². The van der Waals surface area contributed by atoms with E-state index in [1.54, 1.807) is 25.4 Å². The van der Waals surface area contributed by atoms with E-state index in [9.17, 15) is 13.2 Å². The number of rotatable bonds is 5. The first-order valence-corrected chi connectivity index (χ1v) is 9.37. The summed E-state index contributed by atoms with van der Waals surface area (Å²) >= 11 is 0. The highest BCUT2D eigenvalue weighted by molar-refractivity contribution is 7.89. The van der Waals surface area contributed by atoms with Gasteiger partial charge in [-0.25, -0.2) is 13.6 Å². The van der Waals surface area contributed by atoms with Crippen LogP contribution in [0.1, 0.15) is 15.9 Å². The van der Waals surface area contributed by atoms with Gasteiger partial charge < -0.3 is 14.6 Å². The maximum absolute atomic E-state index is 12.6. The summed E-state index contributed by atoms with van der Waals surface area (Å²) in [5, 5.41) is 8.72. The molecule has 0 bridgehead atoms. The molecule has 136 valence electrons. The van der Waals surface area contributed by atoms with E-state index in [0.29, 0.717) is 11.3 Å². The van der Waals surface area contributed by atoms with Crippen molar-refractivity contribution in [2.45, 2.75) is 11.4 Å². The van der Waals surface area contributed by atoms with Gasteiger partial charge in [0.05, 0.1) is 17.6 Å². The van der Waals surface area contributed by atoms with Crippen molar-refractivity contribution in [3.8, 4) is 5.75 Å². The number of aryl methyl sites for hydroxylation is 1. The standard InChI is InChI=1S/C18H19N3O4S/c1-21-11-16(15-9-13(25-2)5-8-17(15)21)18(22)20-10-12-3-6-14(7-4-12)26(19,23)24/h3-9,11H,10H2,1-2H3,(H,20,22)(H2,19,23,24). The molecule has 0 saturated heterocycles. The number of hydrogen-bond donors (Lipinski definition) is 2. The van der Waals surface area contributed by atoms with Crippen LogP contribution in [0.3, 0.4) is 0 Å². The smallest absolute Gasteiger partial charge is 0.253 e. The number of ether oxygens (including phenoxy) is 1. The van der Waals surface area contributed by atoms with Gasteiger partial charge in [0.25, 0.3) is 5.91 Å². The zero-order valence-electron chi connectivity index (χ0n) is 14.4. The Morgan fingerprint density at radius 2 is 1.88 bits per heavy atom. The molecule has 0 fully saturated rings. The second-order valence-electron chi connectivity index (χ2n) is 5.91. The average molecular weight is 373 g/mol. The van der Waals surface area contributed by atoms with Gasteiger partial charge in [-0.05, 0) is 35.9 Å². The quantitative estimate of drug-likeness (QED) is 0.711. The molecule has 3 aromatic rings. The zero-order valence-corrected chi connectivity index (χ0v) is 15.2. The number of hydrogen-bond acceptors (Lipinski definition) is 4. The third kappa shape index (κ3) is 3.56. The molecule has 0 atom stereocenters. The van der Waals surface area contributed by atoms with Crippen LogP contribution in [0, 0.1) is 0 Å². The lowest BCUT2D eigenvalue weighted by molar-refractivity contribution is 0.0952. The van der Waals surface area contributed by atoms with Crippen LogP contribution in [0.4, 0.5) is 0 Å². The highest BCUT2D eigenvalue weighted by Gasteiger charge is 2.15. The number of carbonyl (C=O) groups is 1. The van der Waals surface area contributed by atoms with E-state index in [4.69, 9.17) is 9.88 Å². The average Bonchev–Trinajstić information content (AvgIpc) is 2.95. The molecule has 3 N–H and O–H groups in total. The van der Waals surface area contributed by atoms with E-state index < -0.39 is 10.0 Å². The lowest BCUT2D eigenvalue weighted by Gasteiger charge is -2.06. The molecule has 2 aromatic carbocycles. The Bertz CT molecular complexity index is 1070. The van der Waals surface area contributed by atoms with E-state index >= 15 is 0 Å². The molecule has 0 aliphatic heterocycles. The van der Waals surface area contributed by atoms with Crippen LogP contribution in [-0.2, 0) is 23.6 Å². The molecule has 1 heterocycles. The molecule has 3 rings (SSSR count). The van der Waals surface area contributed by atoms with Gasteiger partial charge in [0.15, 0.2) is 0 Å². The first kappa shape index (κ1) is 18.0. The summed E-state index contributed by atoms with van der Waals surface area (Å²) in [4.78, 5) is 12.6. The Labute approximate surface area is 151 Å². The summed E-state index contributed by atoms with van der Waals surface area (Å²) < 4.78 is 29.7. The molecule has 8 heteroatoms. The summed E-state index contributed by atoms with van der Waals surface area (Å²) in [5.41, 5.74) is 2.24. The van der Waals surface area contributed by atoms with Crippen molar-refractivity contribution in [3.63, 3.8) is 0 Å². The van der Waals surface area contributed by atoms with Crippen LogP contribution in [0.25, 0.3) is 10.9 Å². The Morgan fingerprint density at radius 3 is 2.50 bits per heavy atom. The van der Waals surface area contributed by atoms with Crippen LogP contribution in [0.2, 0.25) is 0 Å². The summed E-state index contributed by atoms with van der Waals surface area (Å²) in [6.07, 6.45) is 1.77. The van der Waals surface area contributed by atoms with Crippen LogP contribution in [0.5, 0.6) is 5.75 Å². The molecule has 1 amide bonds. The first-order valence-electron chi connectivity index (χ1n) is 7.82. The van der Waals surface area contributed by atoms with Gasteiger partial charge in [-0.3, -0.25) is 4.79 Å². The number of carbonyl (C=O) groups excluding carboxylic acids is 1. The Kier molecular flexibility index (Phi) is 4.71. The van der Waals surface area contributed by atoms with Crippen molar-refractivity contribution in [1.82, 2.24) is 9.88 Å². The number of amides is 1. The molecule has 0 saturated carbocycles. The molecule has 1 aromatic heterocycles. The van der Waals surface area contributed by atoms with Gasteiger partial charge in [0, 0.05) is 30.7 Å². The largest absolute Gasteiger partial charge is 0.497 e. The zero-order chi connectivity index (χ0) is 18.9. The van der Waals surface area contributed by atoms with Gasteiger partial charge in [-0.15, -0.1) is 0 Å². The fourth-order valence-corrected chi connectivity index (χ4v) is 3.27. The number of benzene rings is 2. The predicted octanol–water partition coefficient (Wildman–Crippen LogP) is 1.76. The normalized spacial score (nSPS) is 11.5. The van der Waals surface area contributed by atoms with Gasteiger partial charge in [0.2, 0.25) is 10.0 Å². The Morgan fingerprint density at radius 1 is 1.19 bits per heavy atom. The number of nitrogens with two attached hydrogens (primary N) is 1. The molecule has 0 aliphatic rings. The van der Waals surface area contributed by atoms with Crippen LogP contribution in [0.15, 0.2) is 53.6 Å². The molecular weight excluding hydrogens is 354 g/mol. The highest BCUT2D eigenvalue weighted by atomic mass is 32.2. The SMILES string of the molecule is COc1ccc2c(c1)c(C(=O)NCc1ccc(S(N)(=O)=O)cc1)cn2C. The summed E-state index contributed by atoms with van der Waals surface area (Å²) in [5.74, 6) is 0.454. The van der Waals surface area contributed by atoms with Gasteiger partial charge in [-0.2, -0.15) is 0 Å². The van der Waals surface area contributed by atoms with E-state index in [1.165, 1.54) is 12.1 Å². The number of nitrogens with zero attached hydrogens (tertiary/aromatic N) is 1. The Hall–Kier alpha value is -2.84. The van der Waals surface area contributed by atoms with E-state index in [0.717, 1.165) is 16.5 Å². The summed E-state index contributed by atoms with van der Waals surface area (Å²) in [7, 11) is -0.273. The minimum atomic E-state index is -3.72. The summed E-state index contributed by atoms with van der Waals surface area (Å²) in [6.45, 7) is 0.268. The highest BCUT2D eigenvalue weighted by Crippen LogP contribution is 2.25. The van der Waals surface area contributed by atoms with Gasteiger partial charge >= 0.3 is 0 Å². The number of aromatic nitrogens is 1. The number of primary sulfonamides is 1.